The lowest BCUT2D eigenvalue weighted by Gasteiger charge is -2.41. The zero-order valence-corrected chi connectivity index (χ0v) is 18.7. The van der Waals surface area contributed by atoms with Crippen molar-refractivity contribution in [2.75, 3.05) is 19.6 Å². The molecule has 1 fully saturated rings. The summed E-state index contributed by atoms with van der Waals surface area (Å²) in [4.78, 5) is 1.99. The minimum atomic E-state index is -4.49. The van der Waals surface area contributed by atoms with E-state index in [1.165, 1.54) is 0 Å². The standard InChI is InChI=1S/C25H30F4N2O2/c1-15-2-4-19-20(24(15)32)13-23(33-22(19)6-9-30)16-7-10-31(11-8-16)14-17-12-18(25(27,28)29)3-5-21(17)26/h2-5,12,16,22-23,32H,6-11,13-14,30H2,1H3/t22-,23-/m0/s1. The Balaban J connectivity index is 1.42. The highest BCUT2D eigenvalue weighted by atomic mass is 19.4. The van der Waals surface area contributed by atoms with Gasteiger partial charge in [0.05, 0.1) is 17.8 Å². The molecule has 180 valence electrons. The van der Waals surface area contributed by atoms with Crippen LogP contribution in [0.25, 0.3) is 0 Å². The van der Waals surface area contributed by atoms with Gasteiger partial charge in [0.25, 0.3) is 0 Å². The first-order valence-electron chi connectivity index (χ1n) is 11.4. The number of hydrogen-bond acceptors (Lipinski definition) is 4. The Morgan fingerprint density at radius 1 is 1.15 bits per heavy atom. The van der Waals surface area contributed by atoms with E-state index in [2.05, 4.69) is 0 Å². The molecule has 0 amide bonds. The normalized spacial score (nSPS) is 22.4. The van der Waals surface area contributed by atoms with Crippen molar-refractivity contribution in [1.82, 2.24) is 4.90 Å². The number of nitrogens with two attached hydrogens (primary N) is 1. The number of ether oxygens (including phenoxy) is 1. The van der Waals surface area contributed by atoms with E-state index in [1.54, 1.807) is 0 Å². The molecular formula is C25H30F4N2O2. The summed E-state index contributed by atoms with van der Waals surface area (Å²) in [6.07, 6.45) is -1.84. The minimum absolute atomic E-state index is 0.0609. The number of aromatic hydroxyl groups is 1. The zero-order chi connectivity index (χ0) is 23.8. The van der Waals surface area contributed by atoms with E-state index < -0.39 is 17.6 Å². The van der Waals surface area contributed by atoms with E-state index in [1.807, 2.05) is 24.0 Å². The molecule has 1 saturated heterocycles. The molecule has 2 aliphatic heterocycles. The summed E-state index contributed by atoms with van der Waals surface area (Å²) in [5.41, 5.74) is 7.79. The second kappa shape index (κ2) is 9.60. The van der Waals surface area contributed by atoms with Crippen LogP contribution in [0.4, 0.5) is 17.6 Å². The number of halogens is 4. The van der Waals surface area contributed by atoms with Gasteiger partial charge in [-0.2, -0.15) is 13.2 Å². The SMILES string of the molecule is Cc1ccc2c(c1O)C[C@@H](C1CCN(Cc3cc(C(F)(F)F)ccc3F)CC1)O[C@H]2CCN. The van der Waals surface area contributed by atoms with Crippen molar-refractivity contribution >= 4 is 0 Å². The van der Waals surface area contributed by atoms with Gasteiger partial charge in [-0.25, -0.2) is 4.39 Å². The summed E-state index contributed by atoms with van der Waals surface area (Å²) >= 11 is 0. The van der Waals surface area contributed by atoms with E-state index in [4.69, 9.17) is 10.5 Å². The molecule has 0 unspecified atom stereocenters. The summed E-state index contributed by atoms with van der Waals surface area (Å²) in [6, 6.07) is 6.48. The number of rotatable bonds is 5. The second-order valence-corrected chi connectivity index (χ2v) is 9.16. The number of phenolic OH excluding ortho intramolecular Hbond substituents is 1. The lowest BCUT2D eigenvalue weighted by atomic mass is 9.82. The molecule has 3 N–H and O–H groups in total. The number of likely N-dealkylation sites (tertiary alicyclic amines) is 1. The maximum absolute atomic E-state index is 14.2. The van der Waals surface area contributed by atoms with Crippen LogP contribution in [0.15, 0.2) is 30.3 Å². The van der Waals surface area contributed by atoms with E-state index in [9.17, 15) is 22.7 Å². The van der Waals surface area contributed by atoms with Crippen molar-refractivity contribution in [1.29, 1.82) is 0 Å². The summed E-state index contributed by atoms with van der Waals surface area (Å²) in [5.74, 6) is -0.0472. The largest absolute Gasteiger partial charge is 0.507 e. The number of hydrogen-bond donors (Lipinski definition) is 2. The molecule has 2 atom stereocenters. The monoisotopic (exact) mass is 466 g/mol. The molecule has 4 rings (SSSR count). The van der Waals surface area contributed by atoms with Crippen molar-refractivity contribution < 1.29 is 27.4 Å². The lowest BCUT2D eigenvalue weighted by molar-refractivity contribution is -0.137. The van der Waals surface area contributed by atoms with Gasteiger partial charge in [-0.3, -0.25) is 4.90 Å². The van der Waals surface area contributed by atoms with Crippen LogP contribution in [0.3, 0.4) is 0 Å². The quantitative estimate of drug-likeness (QED) is 0.602. The number of aryl methyl sites for hydroxylation is 1. The van der Waals surface area contributed by atoms with Crippen molar-refractivity contribution in [2.45, 2.75) is 57.5 Å². The number of nitrogens with zero attached hydrogens (tertiary/aromatic N) is 1. The van der Waals surface area contributed by atoms with Gasteiger partial charge in [0.15, 0.2) is 0 Å². The van der Waals surface area contributed by atoms with Gasteiger partial charge in [0.2, 0.25) is 0 Å². The topological polar surface area (TPSA) is 58.7 Å². The zero-order valence-electron chi connectivity index (χ0n) is 18.7. The molecule has 0 aromatic heterocycles. The average molecular weight is 467 g/mol. The number of piperidine rings is 1. The van der Waals surface area contributed by atoms with E-state index in [0.29, 0.717) is 38.2 Å². The van der Waals surface area contributed by atoms with Gasteiger partial charge in [-0.1, -0.05) is 12.1 Å². The predicted octanol–water partition coefficient (Wildman–Crippen LogP) is 5.10. The molecule has 8 heteroatoms. The number of fused-ring (bicyclic) bond motifs is 1. The van der Waals surface area contributed by atoms with Gasteiger partial charge in [0, 0.05) is 24.1 Å². The van der Waals surface area contributed by atoms with Crippen LogP contribution in [-0.2, 0) is 23.9 Å². The van der Waals surface area contributed by atoms with Crippen LogP contribution in [0.2, 0.25) is 0 Å². The van der Waals surface area contributed by atoms with Gasteiger partial charge in [-0.05, 0) is 81.1 Å². The Morgan fingerprint density at radius 3 is 2.55 bits per heavy atom. The summed E-state index contributed by atoms with van der Waals surface area (Å²) in [5, 5.41) is 10.6. The first kappa shape index (κ1) is 24.0. The van der Waals surface area contributed by atoms with Crippen LogP contribution in [0.1, 0.15) is 53.2 Å². The summed E-state index contributed by atoms with van der Waals surface area (Å²) in [7, 11) is 0. The molecule has 4 nitrogen and oxygen atoms in total. The molecule has 2 heterocycles. The van der Waals surface area contributed by atoms with Crippen molar-refractivity contribution in [3.63, 3.8) is 0 Å². The van der Waals surface area contributed by atoms with Gasteiger partial charge < -0.3 is 15.6 Å². The minimum Gasteiger partial charge on any atom is -0.507 e. The third kappa shape index (κ3) is 5.18. The Labute approximate surface area is 191 Å². The Kier molecular flexibility index (Phi) is 6.98. The molecule has 2 aliphatic rings. The fourth-order valence-electron chi connectivity index (χ4n) is 5.07. The first-order valence-corrected chi connectivity index (χ1v) is 11.4. The summed E-state index contributed by atoms with van der Waals surface area (Å²) < 4.78 is 59.6. The fourth-order valence-corrected chi connectivity index (χ4v) is 5.07. The van der Waals surface area contributed by atoms with Crippen molar-refractivity contribution in [3.8, 4) is 5.75 Å². The van der Waals surface area contributed by atoms with Crippen LogP contribution >= 0.6 is 0 Å². The Morgan fingerprint density at radius 2 is 1.88 bits per heavy atom. The molecule has 0 saturated carbocycles. The van der Waals surface area contributed by atoms with Gasteiger partial charge in [0.1, 0.15) is 11.6 Å². The van der Waals surface area contributed by atoms with Crippen LogP contribution in [0, 0.1) is 18.7 Å². The van der Waals surface area contributed by atoms with Gasteiger partial charge in [-0.15, -0.1) is 0 Å². The van der Waals surface area contributed by atoms with Crippen LogP contribution in [-0.4, -0.2) is 35.7 Å². The Hall–Kier alpha value is -2.16. The highest BCUT2D eigenvalue weighted by molar-refractivity contribution is 5.47. The summed E-state index contributed by atoms with van der Waals surface area (Å²) in [6.45, 7) is 3.80. The van der Waals surface area contributed by atoms with Crippen molar-refractivity contribution in [3.05, 3.63) is 64.0 Å². The highest BCUT2D eigenvalue weighted by Crippen LogP contribution is 2.42. The first-order chi connectivity index (χ1) is 15.7. The molecular weight excluding hydrogens is 436 g/mol. The third-order valence-corrected chi connectivity index (χ3v) is 6.97. The van der Waals surface area contributed by atoms with Crippen LogP contribution < -0.4 is 5.73 Å². The maximum atomic E-state index is 14.2. The lowest BCUT2D eigenvalue weighted by Crippen LogP contribution is -2.41. The third-order valence-electron chi connectivity index (χ3n) is 6.97. The van der Waals surface area contributed by atoms with E-state index >= 15 is 0 Å². The highest BCUT2D eigenvalue weighted by Gasteiger charge is 2.36. The van der Waals surface area contributed by atoms with Crippen LogP contribution in [0.5, 0.6) is 5.75 Å². The predicted molar refractivity (Wildman–Crippen MR) is 117 cm³/mol. The van der Waals surface area contributed by atoms with E-state index in [0.717, 1.165) is 47.7 Å². The van der Waals surface area contributed by atoms with Gasteiger partial charge >= 0.3 is 6.18 Å². The maximum Gasteiger partial charge on any atom is 0.416 e. The van der Waals surface area contributed by atoms with Crippen molar-refractivity contribution in [2.24, 2.45) is 11.7 Å². The molecule has 33 heavy (non-hydrogen) atoms. The molecule has 2 aromatic rings. The number of benzene rings is 2. The molecule has 0 spiro atoms. The Bertz CT molecular complexity index is 987. The van der Waals surface area contributed by atoms with E-state index in [-0.39, 0.29) is 30.2 Å². The fraction of sp³-hybridized carbons (Fsp3) is 0.520. The second-order valence-electron chi connectivity index (χ2n) is 9.16. The number of phenols is 1. The molecule has 0 aliphatic carbocycles. The smallest absolute Gasteiger partial charge is 0.416 e. The number of alkyl halides is 3. The average Bonchev–Trinajstić information content (AvgIpc) is 2.78. The molecule has 2 aromatic carbocycles. The molecule has 0 bridgehead atoms. The molecule has 0 radical (unpaired) electrons.